The average Bonchev–Trinajstić information content (AvgIpc) is 3.12. The number of likely N-dealkylation sites (tertiary alicyclic amines) is 1. The maximum atomic E-state index is 12.8. The lowest BCUT2D eigenvalue weighted by atomic mass is 10.1. The number of phenols is 1. The molecule has 0 spiro atoms. The molecule has 148 valence electrons. The smallest absolute Gasteiger partial charge is 0.416 e. The highest BCUT2D eigenvalue weighted by Crippen LogP contribution is 2.36. The fourth-order valence-electron chi connectivity index (χ4n) is 3.49. The Balaban J connectivity index is 1.70. The van der Waals surface area contributed by atoms with E-state index >= 15 is 0 Å². The molecule has 1 fully saturated rings. The highest BCUT2D eigenvalue weighted by Gasteiger charge is 2.31. The molecule has 10 heteroatoms. The Morgan fingerprint density at radius 3 is 2.79 bits per heavy atom. The predicted molar refractivity (Wildman–Crippen MR) is 97.0 cm³/mol. The minimum atomic E-state index is -4.53. The number of hydrogen-bond acceptors (Lipinski definition) is 6. The van der Waals surface area contributed by atoms with Crippen molar-refractivity contribution < 1.29 is 18.3 Å². The molecule has 0 aliphatic carbocycles. The van der Waals surface area contributed by atoms with Crippen molar-refractivity contribution in [2.45, 2.75) is 25.1 Å². The maximum Gasteiger partial charge on any atom is 0.416 e. The van der Waals surface area contributed by atoms with E-state index in [1.54, 1.807) is 16.8 Å². The number of phenolic OH excluding ortho intramolecular Hbond substituents is 1. The third-order valence-corrected chi connectivity index (χ3v) is 4.86. The first-order valence-electron chi connectivity index (χ1n) is 8.88. The van der Waals surface area contributed by atoms with Gasteiger partial charge in [0.1, 0.15) is 5.75 Å². The van der Waals surface area contributed by atoms with Gasteiger partial charge in [-0.2, -0.15) is 13.2 Å². The molecule has 1 atom stereocenters. The van der Waals surface area contributed by atoms with Crippen molar-refractivity contribution in [3.63, 3.8) is 0 Å². The summed E-state index contributed by atoms with van der Waals surface area (Å²) >= 11 is 0. The molecule has 1 saturated heterocycles. The summed E-state index contributed by atoms with van der Waals surface area (Å²) in [5.41, 5.74) is -0.284. The van der Waals surface area contributed by atoms with Gasteiger partial charge in [-0.25, -0.2) is 4.98 Å². The molecule has 4 rings (SSSR count). The van der Waals surface area contributed by atoms with Crippen molar-refractivity contribution in [2.75, 3.05) is 25.5 Å². The third-order valence-electron chi connectivity index (χ3n) is 4.86. The van der Waals surface area contributed by atoms with E-state index in [1.165, 1.54) is 6.07 Å². The fraction of sp³-hybridized carbons (Fsp3) is 0.389. The molecular formula is C18H19F3N6O. The highest BCUT2D eigenvalue weighted by atomic mass is 19.4. The molecule has 1 unspecified atom stereocenters. The van der Waals surface area contributed by atoms with Crippen LogP contribution in [0.25, 0.3) is 17.0 Å². The fourth-order valence-corrected chi connectivity index (χ4v) is 3.49. The Labute approximate surface area is 158 Å². The van der Waals surface area contributed by atoms with Crippen LogP contribution in [0.5, 0.6) is 5.75 Å². The number of alkyl halides is 3. The van der Waals surface area contributed by atoms with Crippen molar-refractivity contribution in [2.24, 2.45) is 0 Å². The molecule has 1 aliphatic rings. The zero-order valence-electron chi connectivity index (χ0n) is 15.1. The van der Waals surface area contributed by atoms with Crippen LogP contribution in [0.1, 0.15) is 18.4 Å². The zero-order valence-corrected chi connectivity index (χ0v) is 15.1. The quantitative estimate of drug-likeness (QED) is 0.714. The summed E-state index contributed by atoms with van der Waals surface area (Å²) in [4.78, 5) is 6.53. The van der Waals surface area contributed by atoms with Crippen molar-refractivity contribution in [1.29, 1.82) is 0 Å². The van der Waals surface area contributed by atoms with Gasteiger partial charge in [0, 0.05) is 25.0 Å². The second kappa shape index (κ2) is 6.93. The van der Waals surface area contributed by atoms with Crippen molar-refractivity contribution in [3.05, 3.63) is 36.2 Å². The summed E-state index contributed by atoms with van der Waals surface area (Å²) in [5.74, 6) is 0.194. The van der Waals surface area contributed by atoms with Gasteiger partial charge in [0.05, 0.1) is 11.1 Å². The number of aromatic nitrogens is 4. The van der Waals surface area contributed by atoms with Crippen LogP contribution in [0.2, 0.25) is 0 Å². The van der Waals surface area contributed by atoms with Crippen LogP contribution in [0.15, 0.2) is 30.6 Å². The summed E-state index contributed by atoms with van der Waals surface area (Å²) in [6, 6.07) is 2.98. The van der Waals surface area contributed by atoms with Crippen LogP contribution < -0.4 is 5.32 Å². The van der Waals surface area contributed by atoms with Crippen LogP contribution in [0.4, 0.5) is 19.0 Å². The Morgan fingerprint density at radius 1 is 1.25 bits per heavy atom. The van der Waals surface area contributed by atoms with Gasteiger partial charge >= 0.3 is 6.18 Å². The number of nitrogens with one attached hydrogen (secondary N) is 1. The van der Waals surface area contributed by atoms with E-state index < -0.39 is 17.5 Å². The molecule has 0 saturated carbocycles. The summed E-state index contributed by atoms with van der Waals surface area (Å²) in [7, 11) is 2.06. The number of likely N-dealkylation sites (N-methyl/N-ethyl adjacent to an activating group) is 1. The zero-order chi connectivity index (χ0) is 19.9. The average molecular weight is 392 g/mol. The topological polar surface area (TPSA) is 78.6 Å². The molecular weight excluding hydrogens is 373 g/mol. The molecule has 1 aromatic carbocycles. The summed E-state index contributed by atoms with van der Waals surface area (Å²) in [6.07, 6.45) is 0.729. The number of hydrogen-bond donors (Lipinski definition) is 2. The number of aromatic hydroxyl groups is 1. The molecule has 7 nitrogen and oxygen atoms in total. The first kappa shape index (κ1) is 18.5. The van der Waals surface area contributed by atoms with Crippen LogP contribution >= 0.6 is 0 Å². The lowest BCUT2D eigenvalue weighted by molar-refractivity contribution is -0.137. The van der Waals surface area contributed by atoms with E-state index in [4.69, 9.17) is 0 Å². The SMILES string of the molecule is CN1CCCC(Nc2nnc(-c3ccc(C(F)(F)F)cc3O)n3ccnc23)C1. The summed E-state index contributed by atoms with van der Waals surface area (Å²) < 4.78 is 40.1. The molecule has 0 radical (unpaired) electrons. The summed E-state index contributed by atoms with van der Waals surface area (Å²) in [6.45, 7) is 1.92. The molecule has 3 aromatic rings. The van der Waals surface area contributed by atoms with E-state index in [2.05, 4.69) is 32.4 Å². The van der Waals surface area contributed by atoms with Gasteiger partial charge in [-0.15, -0.1) is 10.2 Å². The number of piperidine rings is 1. The van der Waals surface area contributed by atoms with Gasteiger partial charge in [-0.05, 0) is 44.6 Å². The standard InChI is InChI=1S/C18H19F3N6O/c1-26-7-2-3-12(10-26)23-15-17-22-6-8-27(17)16(25-24-15)13-5-4-11(9-14(13)28)18(19,20)21/h4-6,8-9,12,28H,2-3,7,10H2,1H3,(H,23,24). The number of rotatable bonds is 3. The number of nitrogens with zero attached hydrogens (tertiary/aromatic N) is 5. The van der Waals surface area contributed by atoms with Crippen molar-refractivity contribution in [3.8, 4) is 17.1 Å². The molecule has 0 amide bonds. The second-order valence-electron chi connectivity index (χ2n) is 6.97. The first-order valence-corrected chi connectivity index (χ1v) is 8.88. The van der Waals surface area contributed by atoms with E-state index in [0.29, 0.717) is 17.5 Å². The number of halogens is 3. The van der Waals surface area contributed by atoms with Crippen LogP contribution in [-0.2, 0) is 6.18 Å². The largest absolute Gasteiger partial charge is 0.507 e. The van der Waals surface area contributed by atoms with Crippen molar-refractivity contribution >= 4 is 11.5 Å². The minimum Gasteiger partial charge on any atom is -0.507 e. The molecule has 3 heterocycles. The number of anilines is 1. The number of imidazole rings is 1. The molecule has 28 heavy (non-hydrogen) atoms. The third kappa shape index (κ3) is 3.47. The number of benzene rings is 1. The second-order valence-corrected chi connectivity index (χ2v) is 6.97. The Kier molecular flexibility index (Phi) is 4.58. The highest BCUT2D eigenvalue weighted by molar-refractivity contribution is 5.71. The Hall–Kier alpha value is -2.88. The van der Waals surface area contributed by atoms with Gasteiger partial charge in [-0.1, -0.05) is 0 Å². The van der Waals surface area contributed by atoms with Gasteiger partial charge in [0.2, 0.25) is 0 Å². The van der Waals surface area contributed by atoms with E-state index in [9.17, 15) is 18.3 Å². The lowest BCUT2D eigenvalue weighted by Crippen LogP contribution is -2.40. The monoisotopic (exact) mass is 392 g/mol. The van der Waals surface area contributed by atoms with E-state index in [-0.39, 0.29) is 17.4 Å². The van der Waals surface area contributed by atoms with Gasteiger partial charge in [-0.3, -0.25) is 4.40 Å². The lowest BCUT2D eigenvalue weighted by Gasteiger charge is -2.30. The van der Waals surface area contributed by atoms with Crippen LogP contribution in [-0.4, -0.2) is 55.8 Å². The molecule has 1 aliphatic heterocycles. The Morgan fingerprint density at radius 2 is 2.07 bits per heavy atom. The van der Waals surface area contributed by atoms with Gasteiger partial charge in [0.15, 0.2) is 17.3 Å². The summed E-state index contributed by atoms with van der Waals surface area (Å²) in [5, 5.41) is 21.8. The molecule has 2 aromatic heterocycles. The minimum absolute atomic E-state index is 0.146. The van der Waals surface area contributed by atoms with Crippen molar-refractivity contribution in [1.82, 2.24) is 24.5 Å². The normalized spacial score (nSPS) is 18.5. The van der Waals surface area contributed by atoms with Gasteiger partial charge < -0.3 is 15.3 Å². The maximum absolute atomic E-state index is 12.8. The molecule has 0 bridgehead atoms. The van der Waals surface area contributed by atoms with E-state index in [1.807, 2.05) is 0 Å². The van der Waals surface area contributed by atoms with E-state index in [0.717, 1.165) is 32.0 Å². The Bertz CT molecular complexity index is 1000. The van der Waals surface area contributed by atoms with Crippen LogP contribution in [0, 0.1) is 0 Å². The molecule has 2 N–H and O–H groups in total. The first-order chi connectivity index (χ1) is 13.3. The van der Waals surface area contributed by atoms with Crippen LogP contribution in [0.3, 0.4) is 0 Å². The predicted octanol–water partition coefficient (Wildman–Crippen LogP) is 3.02. The van der Waals surface area contributed by atoms with Gasteiger partial charge in [0.25, 0.3) is 0 Å². The number of fused-ring (bicyclic) bond motifs is 1.